The van der Waals surface area contributed by atoms with E-state index in [1.165, 1.54) is 31.3 Å². The number of hydrazone groups is 1. The van der Waals surface area contributed by atoms with Crippen molar-refractivity contribution in [1.29, 1.82) is 0 Å². The molecule has 8 heteroatoms. The minimum absolute atomic E-state index is 0.148. The van der Waals surface area contributed by atoms with Crippen LogP contribution in [-0.4, -0.2) is 29.5 Å². The zero-order chi connectivity index (χ0) is 19.1. The highest BCUT2D eigenvalue weighted by atomic mass is 16.6. The highest BCUT2D eigenvalue weighted by Gasteiger charge is 2.18. The first kappa shape index (κ1) is 18.8. The van der Waals surface area contributed by atoms with Gasteiger partial charge in [0.05, 0.1) is 17.7 Å². The summed E-state index contributed by atoms with van der Waals surface area (Å²) in [4.78, 5) is 34.2. The molecule has 0 unspecified atom stereocenters. The molecule has 0 heterocycles. The van der Waals surface area contributed by atoms with Gasteiger partial charge in [0.15, 0.2) is 0 Å². The summed E-state index contributed by atoms with van der Waals surface area (Å²) >= 11 is 0. The van der Waals surface area contributed by atoms with Crippen molar-refractivity contribution in [1.82, 2.24) is 10.7 Å². The van der Waals surface area contributed by atoms with Crippen LogP contribution in [0.3, 0.4) is 0 Å². The van der Waals surface area contributed by atoms with E-state index in [4.69, 9.17) is 0 Å². The second-order valence-electron chi connectivity index (χ2n) is 5.59. The molecule has 0 bridgehead atoms. The molecule has 26 heavy (non-hydrogen) atoms. The standard InChI is InChI=1S/C18H18N4O4/c1-12-6-8-14(9-7-12)10-20-21-17(23)11-19-18(24)15-4-3-5-16(13(15)2)22(25)26/h3-10H,11H2,1-2H3,(H,19,24)(H,21,23)/b20-10+. The molecule has 0 aliphatic rings. The maximum Gasteiger partial charge on any atom is 0.273 e. The van der Waals surface area contributed by atoms with Crippen LogP contribution < -0.4 is 10.7 Å². The number of aryl methyl sites for hydroxylation is 1. The smallest absolute Gasteiger partial charge is 0.273 e. The van der Waals surface area contributed by atoms with Crippen LogP contribution in [0.2, 0.25) is 0 Å². The Hall–Kier alpha value is -3.55. The summed E-state index contributed by atoms with van der Waals surface area (Å²) in [6.07, 6.45) is 1.49. The van der Waals surface area contributed by atoms with Gasteiger partial charge in [-0.05, 0) is 25.5 Å². The van der Waals surface area contributed by atoms with E-state index in [0.29, 0.717) is 0 Å². The van der Waals surface area contributed by atoms with Crippen molar-refractivity contribution in [3.05, 3.63) is 74.8 Å². The number of hydrogen-bond acceptors (Lipinski definition) is 5. The molecular weight excluding hydrogens is 336 g/mol. The first-order valence-electron chi connectivity index (χ1n) is 7.79. The Morgan fingerprint density at radius 1 is 1.15 bits per heavy atom. The molecule has 2 amide bonds. The van der Waals surface area contributed by atoms with Gasteiger partial charge in [-0.2, -0.15) is 5.10 Å². The van der Waals surface area contributed by atoms with E-state index in [1.54, 1.807) is 0 Å². The molecule has 2 aromatic rings. The van der Waals surface area contributed by atoms with Crippen LogP contribution in [0.15, 0.2) is 47.6 Å². The van der Waals surface area contributed by atoms with Gasteiger partial charge in [-0.25, -0.2) is 5.43 Å². The van der Waals surface area contributed by atoms with E-state index in [0.717, 1.165) is 11.1 Å². The van der Waals surface area contributed by atoms with Crippen LogP contribution in [-0.2, 0) is 4.79 Å². The summed E-state index contributed by atoms with van der Waals surface area (Å²) in [5, 5.41) is 17.1. The molecule has 0 saturated heterocycles. The van der Waals surface area contributed by atoms with Crippen molar-refractivity contribution in [2.75, 3.05) is 6.54 Å². The minimum Gasteiger partial charge on any atom is -0.343 e. The second kappa shape index (κ2) is 8.52. The average Bonchev–Trinajstić information content (AvgIpc) is 2.61. The number of nitrogens with one attached hydrogen (secondary N) is 2. The van der Waals surface area contributed by atoms with Gasteiger partial charge in [-0.3, -0.25) is 19.7 Å². The molecular formula is C18H18N4O4. The first-order valence-corrected chi connectivity index (χ1v) is 7.79. The van der Waals surface area contributed by atoms with Gasteiger partial charge in [0, 0.05) is 17.2 Å². The summed E-state index contributed by atoms with van der Waals surface area (Å²) in [5.74, 6) is -1.08. The maximum atomic E-state index is 12.1. The summed E-state index contributed by atoms with van der Waals surface area (Å²) in [6, 6.07) is 11.8. The van der Waals surface area contributed by atoms with Crippen molar-refractivity contribution < 1.29 is 14.5 Å². The molecule has 2 aromatic carbocycles. The lowest BCUT2D eigenvalue weighted by Gasteiger charge is -2.07. The van der Waals surface area contributed by atoms with E-state index in [1.807, 2.05) is 31.2 Å². The molecule has 2 rings (SSSR count). The van der Waals surface area contributed by atoms with Crippen LogP contribution in [0, 0.1) is 24.0 Å². The molecule has 0 radical (unpaired) electrons. The Balaban J connectivity index is 1.89. The van der Waals surface area contributed by atoms with E-state index in [9.17, 15) is 19.7 Å². The number of nitro benzene ring substituents is 1. The largest absolute Gasteiger partial charge is 0.343 e. The van der Waals surface area contributed by atoms with Crippen molar-refractivity contribution >= 4 is 23.7 Å². The van der Waals surface area contributed by atoms with Crippen LogP contribution >= 0.6 is 0 Å². The average molecular weight is 354 g/mol. The van der Waals surface area contributed by atoms with Crippen molar-refractivity contribution in [2.45, 2.75) is 13.8 Å². The zero-order valence-electron chi connectivity index (χ0n) is 14.4. The normalized spacial score (nSPS) is 10.5. The Kier molecular flexibility index (Phi) is 6.15. The SMILES string of the molecule is Cc1ccc(/C=N/NC(=O)CNC(=O)c2cccc([N+](=O)[O-])c2C)cc1. The molecule has 8 nitrogen and oxygen atoms in total. The van der Waals surface area contributed by atoms with E-state index in [-0.39, 0.29) is 23.4 Å². The van der Waals surface area contributed by atoms with Crippen molar-refractivity contribution in [3.8, 4) is 0 Å². The van der Waals surface area contributed by atoms with Gasteiger partial charge in [0.2, 0.25) is 0 Å². The fraction of sp³-hybridized carbons (Fsp3) is 0.167. The summed E-state index contributed by atoms with van der Waals surface area (Å²) in [6.45, 7) is 3.15. The lowest BCUT2D eigenvalue weighted by atomic mass is 10.1. The molecule has 0 atom stereocenters. The molecule has 0 aliphatic heterocycles. The second-order valence-corrected chi connectivity index (χ2v) is 5.59. The van der Waals surface area contributed by atoms with Crippen molar-refractivity contribution in [3.63, 3.8) is 0 Å². The number of carbonyl (C=O) groups excluding carboxylic acids is 2. The summed E-state index contributed by atoms with van der Waals surface area (Å²) in [7, 11) is 0. The monoisotopic (exact) mass is 354 g/mol. The van der Waals surface area contributed by atoms with Gasteiger partial charge >= 0.3 is 0 Å². The Labute approximate surface area is 150 Å². The van der Waals surface area contributed by atoms with Crippen LogP contribution in [0.5, 0.6) is 0 Å². The Bertz CT molecular complexity index is 860. The quantitative estimate of drug-likeness (QED) is 0.470. The number of rotatable bonds is 6. The third-order valence-electron chi connectivity index (χ3n) is 3.64. The van der Waals surface area contributed by atoms with E-state index in [2.05, 4.69) is 15.8 Å². The molecule has 2 N–H and O–H groups in total. The Morgan fingerprint density at radius 3 is 2.50 bits per heavy atom. The Morgan fingerprint density at radius 2 is 1.85 bits per heavy atom. The summed E-state index contributed by atoms with van der Waals surface area (Å²) in [5.41, 5.74) is 4.49. The van der Waals surface area contributed by atoms with E-state index >= 15 is 0 Å². The fourth-order valence-electron chi connectivity index (χ4n) is 2.19. The molecule has 0 fully saturated rings. The van der Waals surface area contributed by atoms with Gasteiger partial charge in [0.25, 0.3) is 17.5 Å². The van der Waals surface area contributed by atoms with Crippen molar-refractivity contribution in [2.24, 2.45) is 5.10 Å². The fourth-order valence-corrected chi connectivity index (χ4v) is 2.19. The number of amides is 2. The molecule has 0 aromatic heterocycles. The van der Waals surface area contributed by atoms with Crippen LogP contribution in [0.4, 0.5) is 5.69 Å². The molecule has 134 valence electrons. The van der Waals surface area contributed by atoms with Crippen LogP contribution in [0.1, 0.15) is 27.0 Å². The highest BCUT2D eigenvalue weighted by Crippen LogP contribution is 2.20. The number of benzene rings is 2. The number of nitro groups is 1. The maximum absolute atomic E-state index is 12.1. The van der Waals surface area contributed by atoms with Gasteiger partial charge < -0.3 is 5.32 Å². The third-order valence-corrected chi connectivity index (χ3v) is 3.64. The van der Waals surface area contributed by atoms with E-state index < -0.39 is 16.7 Å². The predicted octanol–water partition coefficient (Wildman–Crippen LogP) is 2.09. The topological polar surface area (TPSA) is 114 Å². The highest BCUT2D eigenvalue weighted by molar-refractivity contribution is 5.98. The predicted molar refractivity (Wildman–Crippen MR) is 97.1 cm³/mol. The molecule has 0 spiro atoms. The number of hydrogen-bond donors (Lipinski definition) is 2. The minimum atomic E-state index is -0.566. The zero-order valence-corrected chi connectivity index (χ0v) is 14.4. The lowest BCUT2D eigenvalue weighted by molar-refractivity contribution is -0.385. The summed E-state index contributed by atoms with van der Waals surface area (Å²) < 4.78 is 0. The van der Waals surface area contributed by atoms with Gasteiger partial charge in [-0.1, -0.05) is 35.9 Å². The first-order chi connectivity index (χ1) is 12.4. The number of carbonyl (C=O) groups is 2. The third kappa shape index (κ3) is 4.97. The van der Waals surface area contributed by atoms with Gasteiger partial charge in [-0.15, -0.1) is 0 Å². The van der Waals surface area contributed by atoms with Crippen LogP contribution in [0.25, 0.3) is 0 Å². The van der Waals surface area contributed by atoms with Gasteiger partial charge in [0.1, 0.15) is 0 Å². The number of nitrogens with zero attached hydrogens (tertiary/aromatic N) is 2. The molecule has 0 saturated carbocycles. The molecule has 0 aliphatic carbocycles. The lowest BCUT2D eigenvalue weighted by Crippen LogP contribution is -2.35.